The van der Waals surface area contributed by atoms with Crippen molar-refractivity contribution in [2.75, 3.05) is 17.2 Å². The van der Waals surface area contributed by atoms with Gasteiger partial charge in [-0.2, -0.15) is 0 Å². The second-order valence-corrected chi connectivity index (χ2v) is 6.25. The number of benzene rings is 2. The van der Waals surface area contributed by atoms with E-state index >= 15 is 0 Å². The second kappa shape index (κ2) is 4.49. The molecule has 2 aromatic carbocycles. The molecule has 0 unspecified atom stereocenters. The molecule has 2 N–H and O–H groups in total. The molecule has 0 atom stereocenters. The van der Waals surface area contributed by atoms with Crippen molar-refractivity contribution >= 4 is 32.9 Å². The summed E-state index contributed by atoms with van der Waals surface area (Å²) in [5.74, 6) is 0. The molecule has 4 rings (SSSR count). The molecule has 0 saturated heterocycles. The molecule has 0 aliphatic carbocycles. The zero-order valence-electron chi connectivity index (χ0n) is 11.0. The predicted molar refractivity (Wildman–Crippen MR) is 85.2 cm³/mol. The van der Waals surface area contributed by atoms with Gasteiger partial charge >= 0.3 is 0 Å². The molecule has 0 amide bonds. The Balaban J connectivity index is 1.66. The van der Waals surface area contributed by atoms with Crippen LogP contribution >= 0.6 is 11.3 Å². The summed E-state index contributed by atoms with van der Waals surface area (Å²) < 4.78 is 1.26. The van der Waals surface area contributed by atoms with Crippen LogP contribution in [-0.2, 0) is 13.0 Å². The van der Waals surface area contributed by atoms with Gasteiger partial charge in [0, 0.05) is 17.9 Å². The summed E-state index contributed by atoms with van der Waals surface area (Å²) in [5, 5.41) is 1.17. The number of para-hydroxylation sites is 1. The third-order valence-corrected chi connectivity index (χ3v) is 4.79. The lowest BCUT2D eigenvalue weighted by Crippen LogP contribution is -2.19. The number of aromatic nitrogens is 1. The molecule has 3 nitrogen and oxygen atoms in total. The maximum Gasteiger partial charge on any atom is 0.113 e. The molecule has 0 fully saturated rings. The molecule has 0 bridgehead atoms. The van der Waals surface area contributed by atoms with Crippen molar-refractivity contribution < 1.29 is 0 Å². The van der Waals surface area contributed by atoms with E-state index in [2.05, 4.69) is 35.2 Å². The maximum absolute atomic E-state index is 5.91. The van der Waals surface area contributed by atoms with E-state index in [4.69, 9.17) is 10.7 Å². The molecule has 2 heterocycles. The van der Waals surface area contributed by atoms with Gasteiger partial charge in [0.25, 0.3) is 0 Å². The number of hydrogen-bond donors (Lipinski definition) is 1. The molecule has 0 saturated carbocycles. The zero-order valence-corrected chi connectivity index (χ0v) is 11.9. The third kappa shape index (κ3) is 1.93. The number of nitrogen functional groups attached to an aromatic ring is 1. The Hall–Kier alpha value is -2.07. The summed E-state index contributed by atoms with van der Waals surface area (Å²) in [6, 6.07) is 14.5. The smallest absolute Gasteiger partial charge is 0.113 e. The predicted octanol–water partition coefficient (Wildman–Crippen LogP) is 3.44. The largest absolute Gasteiger partial charge is 0.399 e. The molecular weight excluding hydrogens is 266 g/mol. The van der Waals surface area contributed by atoms with Gasteiger partial charge in [-0.05, 0) is 36.2 Å². The van der Waals surface area contributed by atoms with Crippen molar-refractivity contribution in [1.82, 2.24) is 4.98 Å². The highest BCUT2D eigenvalue weighted by atomic mass is 32.1. The van der Waals surface area contributed by atoms with E-state index < -0.39 is 0 Å². The highest BCUT2D eigenvalue weighted by molar-refractivity contribution is 7.18. The van der Waals surface area contributed by atoms with Crippen LogP contribution in [0.1, 0.15) is 10.6 Å². The van der Waals surface area contributed by atoms with Crippen molar-refractivity contribution in [2.24, 2.45) is 0 Å². The van der Waals surface area contributed by atoms with Crippen molar-refractivity contribution in [3.63, 3.8) is 0 Å². The highest BCUT2D eigenvalue weighted by Crippen LogP contribution is 2.32. The van der Waals surface area contributed by atoms with E-state index in [-0.39, 0.29) is 0 Å². The fourth-order valence-corrected chi connectivity index (χ4v) is 3.76. The van der Waals surface area contributed by atoms with Crippen LogP contribution < -0.4 is 10.6 Å². The number of rotatable bonds is 2. The number of nitrogens with zero attached hydrogens (tertiary/aromatic N) is 2. The summed E-state index contributed by atoms with van der Waals surface area (Å²) >= 11 is 1.78. The van der Waals surface area contributed by atoms with Crippen LogP contribution in [0, 0.1) is 0 Å². The Labute approximate surface area is 121 Å². The first-order chi connectivity index (χ1) is 9.79. The molecule has 4 heteroatoms. The lowest BCUT2D eigenvalue weighted by molar-refractivity contribution is 0.832. The van der Waals surface area contributed by atoms with Gasteiger partial charge in [-0.1, -0.05) is 18.2 Å². The fourth-order valence-electron chi connectivity index (χ4n) is 2.78. The summed E-state index contributed by atoms with van der Waals surface area (Å²) in [6.45, 7) is 1.92. The van der Waals surface area contributed by atoms with E-state index in [1.807, 2.05) is 12.1 Å². The second-order valence-electron chi connectivity index (χ2n) is 5.14. The van der Waals surface area contributed by atoms with Gasteiger partial charge in [0.05, 0.1) is 16.8 Å². The molecule has 3 aromatic rings. The number of nitrogens with two attached hydrogens (primary N) is 1. The monoisotopic (exact) mass is 281 g/mol. The minimum Gasteiger partial charge on any atom is -0.399 e. The molecular formula is C16H15N3S. The Morgan fingerprint density at radius 1 is 1.20 bits per heavy atom. The Morgan fingerprint density at radius 2 is 2.10 bits per heavy atom. The Bertz CT molecular complexity index is 745. The van der Waals surface area contributed by atoms with Crippen LogP contribution in [0.2, 0.25) is 0 Å². The summed E-state index contributed by atoms with van der Waals surface area (Å²) in [6.07, 6.45) is 1.10. The van der Waals surface area contributed by atoms with Crippen LogP contribution in [0.15, 0.2) is 42.5 Å². The van der Waals surface area contributed by atoms with Crippen LogP contribution in [0.25, 0.3) is 10.2 Å². The van der Waals surface area contributed by atoms with Gasteiger partial charge in [0.15, 0.2) is 0 Å². The van der Waals surface area contributed by atoms with Gasteiger partial charge < -0.3 is 10.6 Å². The van der Waals surface area contributed by atoms with Gasteiger partial charge in [-0.15, -0.1) is 11.3 Å². The van der Waals surface area contributed by atoms with E-state index in [1.165, 1.54) is 21.0 Å². The van der Waals surface area contributed by atoms with Crippen molar-refractivity contribution in [2.45, 2.75) is 13.0 Å². The summed E-state index contributed by atoms with van der Waals surface area (Å²) in [5.41, 5.74) is 10.5. The summed E-state index contributed by atoms with van der Waals surface area (Å²) in [7, 11) is 0. The quantitative estimate of drug-likeness (QED) is 0.732. The van der Waals surface area contributed by atoms with E-state index in [1.54, 1.807) is 11.3 Å². The molecule has 0 spiro atoms. The van der Waals surface area contributed by atoms with Crippen LogP contribution in [0.5, 0.6) is 0 Å². The van der Waals surface area contributed by atoms with Gasteiger partial charge in [-0.3, -0.25) is 0 Å². The normalized spacial score (nSPS) is 13.9. The van der Waals surface area contributed by atoms with Gasteiger partial charge in [0.1, 0.15) is 5.01 Å². The van der Waals surface area contributed by atoms with Gasteiger partial charge in [0.2, 0.25) is 0 Å². The first kappa shape index (κ1) is 11.7. The van der Waals surface area contributed by atoms with Gasteiger partial charge in [-0.25, -0.2) is 4.98 Å². The van der Waals surface area contributed by atoms with Crippen molar-refractivity contribution in [1.29, 1.82) is 0 Å². The van der Waals surface area contributed by atoms with E-state index in [0.717, 1.165) is 30.7 Å². The molecule has 20 heavy (non-hydrogen) atoms. The number of thiazole rings is 1. The summed E-state index contributed by atoms with van der Waals surface area (Å²) in [4.78, 5) is 7.10. The lowest BCUT2D eigenvalue weighted by atomic mass is 10.1. The topological polar surface area (TPSA) is 42.1 Å². The average Bonchev–Trinajstić information content (AvgIpc) is 3.03. The molecule has 100 valence electrons. The molecule has 0 radical (unpaired) electrons. The first-order valence-electron chi connectivity index (χ1n) is 6.77. The average molecular weight is 281 g/mol. The highest BCUT2D eigenvalue weighted by Gasteiger charge is 2.20. The maximum atomic E-state index is 5.91. The van der Waals surface area contributed by atoms with Crippen LogP contribution in [-0.4, -0.2) is 11.5 Å². The molecule has 1 aliphatic heterocycles. The standard InChI is InChI=1S/C16H15N3S/c17-12-6-5-11-7-8-19(14(11)9-12)10-16-18-13-3-1-2-4-15(13)20-16/h1-6,9H,7-8,10,17H2. The Morgan fingerprint density at radius 3 is 3.00 bits per heavy atom. The lowest BCUT2D eigenvalue weighted by Gasteiger charge is -2.18. The zero-order chi connectivity index (χ0) is 13.5. The van der Waals surface area contributed by atoms with Crippen molar-refractivity contribution in [3.8, 4) is 0 Å². The SMILES string of the molecule is Nc1ccc2c(c1)N(Cc1nc3ccccc3s1)CC2. The fraction of sp³-hybridized carbons (Fsp3) is 0.188. The number of anilines is 2. The van der Waals surface area contributed by atoms with E-state index in [9.17, 15) is 0 Å². The van der Waals surface area contributed by atoms with Crippen molar-refractivity contribution in [3.05, 3.63) is 53.0 Å². The number of hydrogen-bond acceptors (Lipinski definition) is 4. The minimum atomic E-state index is 0.833. The minimum absolute atomic E-state index is 0.833. The Kier molecular flexibility index (Phi) is 2.63. The van der Waals surface area contributed by atoms with Crippen LogP contribution in [0.3, 0.4) is 0 Å². The van der Waals surface area contributed by atoms with Crippen LogP contribution in [0.4, 0.5) is 11.4 Å². The molecule has 1 aromatic heterocycles. The van der Waals surface area contributed by atoms with E-state index in [0.29, 0.717) is 0 Å². The first-order valence-corrected chi connectivity index (χ1v) is 7.59. The molecule has 1 aliphatic rings. The third-order valence-electron chi connectivity index (χ3n) is 3.77. The number of fused-ring (bicyclic) bond motifs is 2.